The van der Waals surface area contributed by atoms with Crippen LogP contribution in [0.2, 0.25) is 0 Å². The van der Waals surface area contributed by atoms with Crippen LogP contribution >= 0.6 is 0 Å². The number of carbonyl (C=O) groups is 2. The minimum atomic E-state index is -1.86. The Bertz CT molecular complexity index is 1750. The fraction of sp³-hybridized carbons (Fsp3) is 0.918. The molecule has 0 bridgehead atoms. The zero-order valence-corrected chi connectivity index (χ0v) is 41.3. The van der Waals surface area contributed by atoms with E-state index in [9.17, 15) is 30.0 Å². The second kappa shape index (κ2) is 19.7. The van der Waals surface area contributed by atoms with Gasteiger partial charge in [0, 0.05) is 53.1 Å². The summed E-state index contributed by atoms with van der Waals surface area (Å²) in [5.74, 6) is -1.50. The van der Waals surface area contributed by atoms with Crippen LogP contribution in [-0.2, 0) is 61.7 Å². The molecule has 4 N–H and O–H groups in total. The molecular formula is C49H80O17. The van der Waals surface area contributed by atoms with Crippen LogP contribution in [-0.4, -0.2) is 163 Å². The molecule has 7 rings (SSSR count). The topological polar surface area (TPSA) is 217 Å². The Morgan fingerprint density at radius 1 is 0.712 bits per heavy atom. The number of ether oxygens (including phenoxy) is 11. The van der Waals surface area contributed by atoms with Crippen molar-refractivity contribution in [1.82, 2.24) is 0 Å². The van der Waals surface area contributed by atoms with E-state index < -0.39 is 119 Å². The molecule has 7 aliphatic rings. The van der Waals surface area contributed by atoms with E-state index in [1.54, 1.807) is 62.0 Å². The Labute approximate surface area is 390 Å². The molecule has 0 unspecified atom stereocenters. The summed E-state index contributed by atoms with van der Waals surface area (Å²) in [6.45, 7) is 15.8. The van der Waals surface area contributed by atoms with Crippen LogP contribution in [0.15, 0.2) is 11.6 Å². The van der Waals surface area contributed by atoms with Gasteiger partial charge in [-0.3, -0.25) is 4.79 Å². The number of esters is 2. The molecule has 17 nitrogen and oxygen atoms in total. The molecule has 3 saturated heterocycles. The second-order valence-electron chi connectivity index (χ2n) is 21.1. The van der Waals surface area contributed by atoms with Gasteiger partial charge in [0.25, 0.3) is 0 Å². The molecular weight excluding hydrogens is 861 g/mol. The van der Waals surface area contributed by atoms with Crippen LogP contribution in [0.1, 0.15) is 133 Å². The van der Waals surface area contributed by atoms with Gasteiger partial charge in [0.1, 0.15) is 41.7 Å². The third-order valence-corrected chi connectivity index (χ3v) is 18.0. The van der Waals surface area contributed by atoms with Crippen LogP contribution in [0.5, 0.6) is 0 Å². The highest BCUT2D eigenvalue weighted by Gasteiger charge is 2.82. The van der Waals surface area contributed by atoms with Crippen LogP contribution in [0.25, 0.3) is 0 Å². The first kappa shape index (κ1) is 52.0. The lowest BCUT2D eigenvalue weighted by Crippen LogP contribution is -2.79. The van der Waals surface area contributed by atoms with Crippen molar-refractivity contribution in [1.29, 1.82) is 0 Å². The van der Waals surface area contributed by atoms with Gasteiger partial charge < -0.3 is 72.5 Å². The molecule has 378 valence electrons. The molecule has 22 atom stereocenters. The molecule has 4 aliphatic carbocycles. The predicted octanol–water partition coefficient (Wildman–Crippen LogP) is 4.40. The van der Waals surface area contributed by atoms with Crippen molar-refractivity contribution in [2.75, 3.05) is 21.3 Å². The van der Waals surface area contributed by atoms with E-state index in [-0.39, 0.29) is 49.9 Å². The van der Waals surface area contributed by atoms with E-state index in [0.717, 1.165) is 0 Å². The fourth-order valence-electron chi connectivity index (χ4n) is 13.8. The summed E-state index contributed by atoms with van der Waals surface area (Å²) >= 11 is 0. The third-order valence-electron chi connectivity index (χ3n) is 18.0. The van der Waals surface area contributed by atoms with E-state index in [1.165, 1.54) is 6.92 Å². The number of carbonyl (C=O) groups excluding carboxylic acids is 2. The highest BCUT2D eigenvalue weighted by molar-refractivity contribution is 5.87. The van der Waals surface area contributed by atoms with Crippen LogP contribution in [0, 0.1) is 22.7 Å². The van der Waals surface area contributed by atoms with Crippen molar-refractivity contribution in [3.63, 3.8) is 0 Å². The first-order valence-electron chi connectivity index (χ1n) is 24.4. The number of fused-ring (bicyclic) bond motifs is 5. The van der Waals surface area contributed by atoms with Crippen LogP contribution < -0.4 is 0 Å². The SMILES string of the molecule is C/C=C(\C)C(=O)O[C@H](C)[C@]1(O)CC[C@@]2(O)[C@]1(C)[C@H](OC(C)=O)C[C@@H]1[C@@]3(C)CC[C@H](O[C@H]4C[C@H](OC)[C@H](O[C@H]5C[C@H](OC)[C@H](O[C@H]6C[C@@H](OC)[C@H](O)[C@@H](C)O6)[C@@H](C)O5)[C@@H](C)O4)C[C@@H]3CC[C@]12O. The normalized spacial score (nSPS) is 50.1. The first-order chi connectivity index (χ1) is 31.0. The summed E-state index contributed by atoms with van der Waals surface area (Å²) in [4.78, 5) is 25.7. The molecule has 3 heterocycles. The van der Waals surface area contributed by atoms with Gasteiger partial charge in [-0.05, 0) is 110 Å². The lowest BCUT2D eigenvalue weighted by molar-refractivity contribution is -0.346. The quantitative estimate of drug-likeness (QED) is 0.114. The van der Waals surface area contributed by atoms with E-state index in [0.29, 0.717) is 50.5 Å². The standard InChI is InChI=1S/C49H80O17/c1-13-25(2)44(52)62-29(6)47(53)18-19-49(55)46(47,9)37(63-30(7)50)24-36-45(8)16-15-32(20-31(45)14-17-48(36,49)54)64-38-22-34(57-11)42(27(4)60-38)66-40-23-35(58-12)43(28(5)61-40)65-39-21-33(56-10)41(51)26(3)59-39/h13,26-29,31-43,51,53-55H,14-24H2,1-12H3/b25-13+/t26-,27-,28-,29-,31+,32+,33-,34+,35+,36-,37-,38+,39+,40+,41-,42-,43-,45+,46-,47-,48+,49-/m1/s1. The molecule has 3 aliphatic heterocycles. The summed E-state index contributed by atoms with van der Waals surface area (Å²) < 4.78 is 67.9. The van der Waals surface area contributed by atoms with Gasteiger partial charge in [-0.1, -0.05) is 19.9 Å². The van der Waals surface area contributed by atoms with Gasteiger partial charge in [-0.25, -0.2) is 4.79 Å². The second-order valence-corrected chi connectivity index (χ2v) is 21.1. The number of aliphatic hydroxyl groups excluding tert-OH is 1. The van der Waals surface area contributed by atoms with Gasteiger partial charge in [0.15, 0.2) is 18.9 Å². The van der Waals surface area contributed by atoms with Gasteiger partial charge in [-0.15, -0.1) is 0 Å². The van der Waals surface area contributed by atoms with Crippen molar-refractivity contribution in [2.24, 2.45) is 22.7 Å². The Morgan fingerprint density at radius 2 is 1.26 bits per heavy atom. The Hall–Kier alpha value is -1.84. The third kappa shape index (κ3) is 8.84. The van der Waals surface area contributed by atoms with E-state index >= 15 is 0 Å². The van der Waals surface area contributed by atoms with E-state index in [4.69, 9.17) is 52.1 Å². The molecule has 0 aromatic carbocycles. The molecule has 66 heavy (non-hydrogen) atoms. The molecule has 0 radical (unpaired) electrons. The summed E-state index contributed by atoms with van der Waals surface area (Å²) in [7, 11) is 4.85. The number of methoxy groups -OCH3 is 3. The molecule has 4 saturated carbocycles. The van der Waals surface area contributed by atoms with Gasteiger partial charge in [-0.2, -0.15) is 0 Å². The van der Waals surface area contributed by atoms with Crippen molar-refractivity contribution >= 4 is 11.9 Å². The molecule has 0 aromatic rings. The largest absolute Gasteiger partial charge is 0.462 e. The molecule has 7 fully saturated rings. The van der Waals surface area contributed by atoms with Gasteiger partial charge in [0.05, 0.1) is 53.7 Å². The summed E-state index contributed by atoms with van der Waals surface area (Å²) in [6, 6.07) is 0. The van der Waals surface area contributed by atoms with Gasteiger partial charge in [0.2, 0.25) is 0 Å². The average molecular weight is 941 g/mol. The minimum absolute atomic E-state index is 0.0367. The average Bonchev–Trinajstić information content (AvgIpc) is 3.50. The molecule has 0 spiro atoms. The number of aliphatic hydroxyl groups is 4. The maximum absolute atomic E-state index is 13.0. The molecule has 0 aromatic heterocycles. The van der Waals surface area contributed by atoms with Crippen LogP contribution in [0.3, 0.4) is 0 Å². The zero-order valence-electron chi connectivity index (χ0n) is 41.3. The van der Waals surface area contributed by atoms with Crippen LogP contribution in [0.4, 0.5) is 0 Å². The van der Waals surface area contributed by atoms with Gasteiger partial charge >= 0.3 is 11.9 Å². The number of hydrogen-bond donors (Lipinski definition) is 4. The summed E-state index contributed by atoms with van der Waals surface area (Å²) in [5.41, 5.74) is -6.94. The van der Waals surface area contributed by atoms with E-state index in [2.05, 4.69) is 6.92 Å². The van der Waals surface area contributed by atoms with Crippen molar-refractivity contribution in [2.45, 2.75) is 242 Å². The van der Waals surface area contributed by atoms with Crippen molar-refractivity contribution in [3.8, 4) is 0 Å². The van der Waals surface area contributed by atoms with Crippen molar-refractivity contribution in [3.05, 3.63) is 11.6 Å². The predicted molar refractivity (Wildman–Crippen MR) is 235 cm³/mol. The Morgan fingerprint density at radius 3 is 1.80 bits per heavy atom. The number of allylic oxidation sites excluding steroid dienone is 1. The number of hydrogen-bond acceptors (Lipinski definition) is 17. The Kier molecular flexibility index (Phi) is 15.6. The lowest BCUT2D eigenvalue weighted by atomic mass is 9.40. The molecule has 0 amide bonds. The maximum Gasteiger partial charge on any atom is 0.333 e. The highest BCUT2D eigenvalue weighted by Crippen LogP contribution is 2.72. The first-order valence-corrected chi connectivity index (χ1v) is 24.4. The fourth-order valence-corrected chi connectivity index (χ4v) is 13.8. The Balaban J connectivity index is 0.987. The maximum atomic E-state index is 13.0. The summed E-state index contributed by atoms with van der Waals surface area (Å²) in [5, 5.41) is 49.1. The lowest BCUT2D eigenvalue weighted by Gasteiger charge is -2.69. The summed E-state index contributed by atoms with van der Waals surface area (Å²) in [6.07, 6.45) is -1.99. The number of rotatable bonds is 13. The highest BCUT2D eigenvalue weighted by atomic mass is 16.7. The molecule has 17 heteroatoms. The smallest absolute Gasteiger partial charge is 0.333 e. The monoisotopic (exact) mass is 941 g/mol. The minimum Gasteiger partial charge on any atom is -0.462 e. The van der Waals surface area contributed by atoms with Crippen molar-refractivity contribution < 1.29 is 82.1 Å². The van der Waals surface area contributed by atoms with E-state index in [1.807, 2.05) is 13.8 Å². The zero-order chi connectivity index (χ0) is 48.3.